The number of anilines is 1. The summed E-state index contributed by atoms with van der Waals surface area (Å²) in [4.78, 5) is 32.4. The lowest BCUT2D eigenvalue weighted by molar-refractivity contribution is -0.113. The highest BCUT2D eigenvalue weighted by molar-refractivity contribution is 8.14. The third-order valence-corrected chi connectivity index (χ3v) is 6.52. The molecule has 4 rings (SSSR count). The maximum atomic E-state index is 13.5. The van der Waals surface area contributed by atoms with Crippen molar-refractivity contribution in [3.63, 3.8) is 0 Å². The van der Waals surface area contributed by atoms with E-state index in [-0.39, 0.29) is 23.1 Å². The van der Waals surface area contributed by atoms with Crippen molar-refractivity contribution in [3.05, 3.63) is 89.1 Å². The van der Waals surface area contributed by atoms with Crippen molar-refractivity contribution >= 4 is 40.4 Å². The molecule has 0 saturated heterocycles. The van der Waals surface area contributed by atoms with E-state index in [2.05, 4.69) is 4.99 Å². The van der Waals surface area contributed by atoms with Crippen LogP contribution in [-0.4, -0.2) is 43.9 Å². The van der Waals surface area contributed by atoms with Crippen molar-refractivity contribution in [2.24, 2.45) is 4.99 Å². The molecule has 0 bridgehead atoms. The minimum absolute atomic E-state index is 0.0397. The predicted octanol–water partition coefficient (Wildman–Crippen LogP) is 5.38. The van der Waals surface area contributed by atoms with Gasteiger partial charge in [0.1, 0.15) is 5.70 Å². The van der Waals surface area contributed by atoms with Gasteiger partial charge in [-0.1, -0.05) is 59.8 Å². The second-order valence-corrected chi connectivity index (χ2v) is 8.84. The van der Waals surface area contributed by atoms with Gasteiger partial charge in [0.05, 0.1) is 32.8 Å². The quantitative estimate of drug-likeness (QED) is 0.304. The molecule has 0 spiro atoms. The molecular weight excluding hydrogens is 476 g/mol. The number of amides is 1. The fourth-order valence-electron chi connectivity index (χ4n) is 3.74. The topological polar surface area (TPSA) is 77.4 Å². The largest absolute Gasteiger partial charge is 0.493 e. The van der Waals surface area contributed by atoms with Gasteiger partial charge in [0.25, 0.3) is 5.91 Å². The maximum Gasteiger partial charge on any atom is 0.283 e. The molecule has 1 amide bonds. The van der Waals surface area contributed by atoms with Gasteiger partial charge in [-0.05, 0) is 37.3 Å². The van der Waals surface area contributed by atoms with Crippen LogP contribution in [0.3, 0.4) is 0 Å². The number of aliphatic imine (C=N–C) groups is 1. The third kappa shape index (κ3) is 5.13. The third-order valence-electron chi connectivity index (χ3n) is 5.58. The monoisotopic (exact) mass is 502 g/mol. The van der Waals surface area contributed by atoms with Gasteiger partial charge >= 0.3 is 0 Å². The van der Waals surface area contributed by atoms with Gasteiger partial charge < -0.3 is 14.2 Å². The first-order valence-corrected chi connectivity index (χ1v) is 12.2. The maximum absolute atomic E-state index is 13.5. The van der Waals surface area contributed by atoms with Crippen LogP contribution in [0.4, 0.5) is 5.69 Å². The van der Waals surface area contributed by atoms with Crippen LogP contribution >= 0.6 is 11.8 Å². The Labute approximate surface area is 214 Å². The summed E-state index contributed by atoms with van der Waals surface area (Å²) in [6, 6.07) is 20.2. The Hall–Kier alpha value is -4.04. The van der Waals surface area contributed by atoms with Crippen molar-refractivity contribution in [2.75, 3.05) is 32.0 Å². The highest BCUT2D eigenvalue weighted by Crippen LogP contribution is 2.41. The number of hydrogen-bond acceptors (Lipinski definition) is 7. The Balaban J connectivity index is 1.69. The molecule has 1 heterocycles. The molecule has 1 aliphatic heterocycles. The fraction of sp³-hybridized carbons (Fsp3) is 0.179. The summed E-state index contributed by atoms with van der Waals surface area (Å²) >= 11 is 1.22. The molecule has 184 valence electrons. The van der Waals surface area contributed by atoms with Crippen molar-refractivity contribution in [1.82, 2.24) is 0 Å². The van der Waals surface area contributed by atoms with E-state index in [1.807, 2.05) is 61.5 Å². The van der Waals surface area contributed by atoms with Gasteiger partial charge in [-0.3, -0.25) is 14.5 Å². The minimum Gasteiger partial charge on any atom is -0.493 e. The van der Waals surface area contributed by atoms with Crippen LogP contribution in [0.1, 0.15) is 21.5 Å². The van der Waals surface area contributed by atoms with Crippen molar-refractivity contribution in [3.8, 4) is 17.2 Å². The molecule has 0 fully saturated rings. The standard InChI is InChI=1S/C28H26N2O5S/c1-18-10-12-19(13-11-18)23(31)17-36-28-29-22(27(32)30(28)21-8-6-5-7-9-21)16-20-14-15-24(33-2)26(35-4)25(20)34-3/h5-16H,17H2,1-4H3/b22-16-. The number of ketones is 1. The number of rotatable bonds is 8. The molecule has 0 N–H and O–H groups in total. The van der Waals surface area contributed by atoms with E-state index in [1.54, 1.807) is 25.3 Å². The summed E-state index contributed by atoms with van der Waals surface area (Å²) in [5, 5.41) is 0.428. The van der Waals surface area contributed by atoms with Crippen molar-refractivity contribution < 1.29 is 23.8 Å². The SMILES string of the molecule is COc1ccc(/C=C2\N=C(SCC(=O)c3ccc(C)cc3)N(c3ccccc3)C2=O)c(OC)c1OC. The van der Waals surface area contributed by atoms with E-state index < -0.39 is 0 Å². The zero-order valence-corrected chi connectivity index (χ0v) is 21.3. The molecule has 3 aromatic carbocycles. The summed E-state index contributed by atoms with van der Waals surface area (Å²) in [5.41, 5.74) is 3.20. The van der Waals surface area contributed by atoms with Gasteiger partial charge in [0, 0.05) is 11.1 Å². The highest BCUT2D eigenvalue weighted by Gasteiger charge is 2.33. The number of Topliss-reactive ketones (excluding diaryl/α,β-unsaturated/α-hetero) is 1. The summed E-state index contributed by atoms with van der Waals surface area (Å²) in [7, 11) is 4.58. The second-order valence-electron chi connectivity index (χ2n) is 7.90. The zero-order valence-electron chi connectivity index (χ0n) is 20.5. The molecule has 0 aliphatic carbocycles. The molecule has 36 heavy (non-hydrogen) atoms. The highest BCUT2D eigenvalue weighted by atomic mass is 32.2. The molecule has 8 heteroatoms. The number of hydrogen-bond donors (Lipinski definition) is 0. The molecule has 7 nitrogen and oxygen atoms in total. The number of para-hydroxylation sites is 1. The molecule has 0 unspecified atom stereocenters. The molecular formula is C28H26N2O5S. The Kier molecular flexibility index (Phi) is 7.75. The second kappa shape index (κ2) is 11.1. The van der Waals surface area contributed by atoms with E-state index in [9.17, 15) is 9.59 Å². The average Bonchev–Trinajstić information content (AvgIpc) is 3.22. The molecule has 0 radical (unpaired) electrons. The summed E-state index contributed by atoms with van der Waals surface area (Å²) in [6.45, 7) is 1.97. The number of amidine groups is 1. The molecule has 0 saturated carbocycles. The first-order chi connectivity index (χ1) is 17.5. The van der Waals surface area contributed by atoms with E-state index in [4.69, 9.17) is 14.2 Å². The molecule has 0 aromatic heterocycles. The Morgan fingerprint density at radius 1 is 0.917 bits per heavy atom. The van der Waals surface area contributed by atoms with E-state index >= 15 is 0 Å². The Morgan fingerprint density at radius 3 is 2.25 bits per heavy atom. The van der Waals surface area contributed by atoms with Crippen molar-refractivity contribution in [2.45, 2.75) is 6.92 Å². The fourth-order valence-corrected chi connectivity index (χ4v) is 4.64. The average molecular weight is 503 g/mol. The number of carbonyl (C=O) groups is 2. The van der Waals surface area contributed by atoms with Crippen molar-refractivity contribution in [1.29, 1.82) is 0 Å². The van der Waals surface area contributed by atoms with Gasteiger partial charge in [0.2, 0.25) is 5.75 Å². The van der Waals surface area contributed by atoms with Gasteiger partial charge in [0.15, 0.2) is 22.4 Å². The summed E-state index contributed by atoms with van der Waals surface area (Å²) < 4.78 is 16.4. The van der Waals surface area contributed by atoms with Crippen LogP contribution in [-0.2, 0) is 4.79 Å². The smallest absolute Gasteiger partial charge is 0.283 e. The van der Waals surface area contributed by atoms with Gasteiger partial charge in [-0.25, -0.2) is 4.99 Å². The predicted molar refractivity (Wildman–Crippen MR) is 143 cm³/mol. The normalized spacial score (nSPS) is 14.1. The first kappa shape index (κ1) is 25.1. The van der Waals surface area contributed by atoms with Crippen LogP contribution < -0.4 is 19.1 Å². The van der Waals surface area contributed by atoms with Crippen LogP contribution in [0.2, 0.25) is 0 Å². The summed E-state index contributed by atoms with van der Waals surface area (Å²) in [6.07, 6.45) is 1.65. The number of carbonyl (C=O) groups excluding carboxylic acids is 2. The van der Waals surface area contributed by atoms with E-state index in [0.717, 1.165) is 5.56 Å². The van der Waals surface area contributed by atoms with Crippen LogP contribution in [0.15, 0.2) is 77.4 Å². The number of aryl methyl sites for hydroxylation is 1. The number of thioether (sulfide) groups is 1. The van der Waals surface area contributed by atoms with Gasteiger partial charge in [-0.15, -0.1) is 0 Å². The zero-order chi connectivity index (χ0) is 25.7. The number of ether oxygens (including phenoxy) is 3. The number of methoxy groups -OCH3 is 3. The Bertz CT molecular complexity index is 1330. The molecule has 1 aliphatic rings. The van der Waals surface area contributed by atoms with Crippen LogP contribution in [0, 0.1) is 6.92 Å². The van der Waals surface area contributed by atoms with E-state index in [0.29, 0.717) is 39.2 Å². The summed E-state index contributed by atoms with van der Waals surface area (Å²) in [5.74, 6) is 1.15. The van der Waals surface area contributed by atoms with Crippen LogP contribution in [0.25, 0.3) is 6.08 Å². The van der Waals surface area contributed by atoms with Gasteiger partial charge in [-0.2, -0.15) is 0 Å². The minimum atomic E-state index is -0.302. The van der Waals surface area contributed by atoms with Crippen LogP contribution in [0.5, 0.6) is 17.2 Å². The molecule has 0 atom stereocenters. The number of nitrogens with zero attached hydrogens (tertiary/aromatic N) is 2. The first-order valence-electron chi connectivity index (χ1n) is 11.2. The lowest BCUT2D eigenvalue weighted by Crippen LogP contribution is -2.30. The number of benzene rings is 3. The Morgan fingerprint density at radius 2 is 1.61 bits per heavy atom. The lowest BCUT2D eigenvalue weighted by Gasteiger charge is -2.17. The molecule has 3 aromatic rings. The lowest BCUT2D eigenvalue weighted by atomic mass is 10.1. The van der Waals surface area contributed by atoms with E-state index in [1.165, 1.54) is 30.9 Å².